The molecule has 156 valence electrons. The average molecular weight is 412 g/mol. The lowest BCUT2D eigenvalue weighted by atomic mass is 9.97. The molecule has 0 atom stereocenters. The number of benzene rings is 2. The first-order chi connectivity index (χ1) is 15.1. The third-order valence-electron chi connectivity index (χ3n) is 5.40. The molecular weight excluding hydrogens is 386 g/mol. The van der Waals surface area contributed by atoms with Gasteiger partial charge in [-0.05, 0) is 60.3 Å². The van der Waals surface area contributed by atoms with Crippen LogP contribution in [0, 0.1) is 0 Å². The molecule has 0 saturated carbocycles. The van der Waals surface area contributed by atoms with E-state index in [0.717, 1.165) is 35.8 Å². The highest BCUT2D eigenvalue weighted by molar-refractivity contribution is 6.04. The van der Waals surface area contributed by atoms with Crippen molar-refractivity contribution >= 4 is 28.3 Å². The molecule has 0 bridgehead atoms. The Balaban J connectivity index is 1.58. The molecule has 5 nitrogen and oxygen atoms in total. The third kappa shape index (κ3) is 4.57. The molecule has 0 fully saturated rings. The molecule has 0 saturated heterocycles. The lowest BCUT2D eigenvalue weighted by Gasteiger charge is -2.25. The number of rotatable bonds is 6. The fourth-order valence-electron chi connectivity index (χ4n) is 3.79. The molecule has 0 radical (unpaired) electrons. The van der Waals surface area contributed by atoms with Gasteiger partial charge in [-0.25, -0.2) is 4.98 Å². The minimum atomic E-state index is -0.160. The third-order valence-corrected chi connectivity index (χ3v) is 5.40. The van der Waals surface area contributed by atoms with E-state index in [1.807, 2.05) is 42.5 Å². The van der Waals surface area contributed by atoms with Crippen LogP contribution in [-0.4, -0.2) is 29.4 Å². The molecule has 1 amide bonds. The fourth-order valence-corrected chi connectivity index (χ4v) is 3.79. The van der Waals surface area contributed by atoms with Crippen molar-refractivity contribution in [2.24, 2.45) is 0 Å². The zero-order valence-corrected chi connectivity index (χ0v) is 17.6. The van der Waals surface area contributed by atoms with Crippen LogP contribution in [0.1, 0.15) is 27.0 Å². The number of ether oxygens (including phenoxy) is 1. The van der Waals surface area contributed by atoms with E-state index in [9.17, 15) is 4.79 Å². The maximum Gasteiger partial charge on any atom is 0.256 e. The van der Waals surface area contributed by atoms with E-state index in [0.29, 0.717) is 17.1 Å². The second-order valence-corrected chi connectivity index (χ2v) is 7.61. The Hall–Kier alpha value is -3.70. The normalized spacial score (nSPS) is 14.0. The van der Waals surface area contributed by atoms with Crippen LogP contribution in [0.5, 0.6) is 0 Å². The predicted octanol–water partition coefficient (Wildman–Crippen LogP) is 5.16. The minimum Gasteiger partial charge on any atom is -0.465 e. The van der Waals surface area contributed by atoms with Crippen molar-refractivity contribution < 1.29 is 9.53 Å². The summed E-state index contributed by atoms with van der Waals surface area (Å²) in [6, 6.07) is 13.7. The van der Waals surface area contributed by atoms with Crippen LogP contribution >= 0.6 is 0 Å². The standard InChI is InChI=1S/C26H25N3O2/c1-4-6-24(31-5-2)19-7-9-21-16-27-25(15-23(21)14-19)28-26(30)20-8-10-22-17-29(3)12-11-18(22)13-20/h4-10,13-16H,1-2,11-12,17H2,3H3,(H,27,28,30)/b24-6-. The Morgan fingerprint density at radius 1 is 1.10 bits per heavy atom. The first-order valence-corrected chi connectivity index (χ1v) is 10.2. The molecular formula is C26H25N3O2. The number of anilines is 1. The second-order valence-electron chi connectivity index (χ2n) is 7.61. The highest BCUT2D eigenvalue weighted by Crippen LogP contribution is 2.25. The van der Waals surface area contributed by atoms with Crippen LogP contribution in [0.2, 0.25) is 0 Å². The minimum absolute atomic E-state index is 0.160. The predicted molar refractivity (Wildman–Crippen MR) is 126 cm³/mol. The zero-order valence-electron chi connectivity index (χ0n) is 17.6. The Bertz CT molecular complexity index is 1200. The van der Waals surface area contributed by atoms with Crippen molar-refractivity contribution in [1.82, 2.24) is 9.88 Å². The zero-order chi connectivity index (χ0) is 21.8. The van der Waals surface area contributed by atoms with E-state index in [4.69, 9.17) is 4.74 Å². The smallest absolute Gasteiger partial charge is 0.256 e. The highest BCUT2D eigenvalue weighted by Gasteiger charge is 2.16. The number of hydrogen-bond donors (Lipinski definition) is 1. The topological polar surface area (TPSA) is 54.5 Å². The lowest BCUT2D eigenvalue weighted by molar-refractivity contribution is 0.102. The molecule has 1 aliphatic heterocycles. The molecule has 5 heteroatoms. The van der Waals surface area contributed by atoms with Gasteiger partial charge in [0.2, 0.25) is 0 Å². The molecule has 31 heavy (non-hydrogen) atoms. The molecule has 1 aromatic heterocycles. The van der Waals surface area contributed by atoms with Gasteiger partial charge in [0.15, 0.2) is 0 Å². The molecule has 0 aliphatic carbocycles. The van der Waals surface area contributed by atoms with Gasteiger partial charge < -0.3 is 15.0 Å². The molecule has 2 heterocycles. The number of hydrogen-bond acceptors (Lipinski definition) is 4. The van der Waals surface area contributed by atoms with Gasteiger partial charge in [-0.1, -0.05) is 37.4 Å². The summed E-state index contributed by atoms with van der Waals surface area (Å²) in [5.74, 6) is 0.993. The monoisotopic (exact) mass is 411 g/mol. The van der Waals surface area contributed by atoms with Crippen LogP contribution in [0.3, 0.4) is 0 Å². The number of fused-ring (bicyclic) bond motifs is 2. The molecule has 3 aromatic rings. The largest absolute Gasteiger partial charge is 0.465 e. The summed E-state index contributed by atoms with van der Waals surface area (Å²) in [7, 11) is 2.11. The average Bonchev–Trinajstić information content (AvgIpc) is 2.78. The molecule has 0 spiro atoms. The van der Waals surface area contributed by atoms with Gasteiger partial charge in [-0.15, -0.1) is 0 Å². The van der Waals surface area contributed by atoms with Gasteiger partial charge in [0, 0.05) is 35.8 Å². The number of allylic oxidation sites excluding steroid dienone is 2. The van der Waals surface area contributed by atoms with E-state index in [1.165, 1.54) is 17.4 Å². The first kappa shape index (κ1) is 20.6. The molecule has 0 unspecified atom stereocenters. The Kier molecular flexibility index (Phi) is 5.96. The summed E-state index contributed by atoms with van der Waals surface area (Å²) >= 11 is 0. The van der Waals surface area contributed by atoms with Crippen LogP contribution in [0.15, 0.2) is 80.2 Å². The fraction of sp³-hybridized carbons (Fsp3) is 0.154. The van der Waals surface area contributed by atoms with E-state index in [1.54, 1.807) is 18.3 Å². The van der Waals surface area contributed by atoms with Crippen molar-refractivity contribution in [3.8, 4) is 0 Å². The number of aromatic nitrogens is 1. The molecule has 2 aromatic carbocycles. The number of carbonyl (C=O) groups excluding carboxylic acids is 1. The summed E-state index contributed by atoms with van der Waals surface area (Å²) in [4.78, 5) is 19.5. The van der Waals surface area contributed by atoms with E-state index in [-0.39, 0.29) is 5.91 Å². The summed E-state index contributed by atoms with van der Waals surface area (Å²) < 4.78 is 5.49. The number of carbonyl (C=O) groups is 1. The van der Waals surface area contributed by atoms with Gasteiger partial charge in [-0.3, -0.25) is 4.79 Å². The van der Waals surface area contributed by atoms with Gasteiger partial charge in [0.25, 0.3) is 5.91 Å². The maximum atomic E-state index is 12.8. The van der Waals surface area contributed by atoms with Crippen LogP contribution in [0.25, 0.3) is 16.5 Å². The van der Waals surface area contributed by atoms with Crippen LogP contribution in [0.4, 0.5) is 5.82 Å². The van der Waals surface area contributed by atoms with Gasteiger partial charge in [-0.2, -0.15) is 0 Å². The number of nitrogens with one attached hydrogen (secondary N) is 1. The van der Waals surface area contributed by atoms with Crippen molar-refractivity contribution in [2.75, 3.05) is 18.9 Å². The van der Waals surface area contributed by atoms with Crippen molar-refractivity contribution in [3.63, 3.8) is 0 Å². The van der Waals surface area contributed by atoms with Gasteiger partial charge in [0.05, 0.1) is 6.26 Å². The summed E-state index contributed by atoms with van der Waals surface area (Å²) in [6.45, 7) is 9.27. The van der Waals surface area contributed by atoms with Gasteiger partial charge in [0.1, 0.15) is 11.6 Å². The summed E-state index contributed by atoms with van der Waals surface area (Å²) in [6.07, 6.45) is 7.53. The van der Waals surface area contributed by atoms with Crippen molar-refractivity contribution in [1.29, 1.82) is 0 Å². The lowest BCUT2D eigenvalue weighted by Crippen LogP contribution is -2.27. The number of likely N-dealkylation sites (N-methyl/N-ethyl adjacent to an activating group) is 1. The summed E-state index contributed by atoms with van der Waals surface area (Å²) in [5.41, 5.74) is 4.06. The van der Waals surface area contributed by atoms with Gasteiger partial charge >= 0.3 is 0 Å². The quantitative estimate of drug-likeness (QED) is 0.450. The maximum absolute atomic E-state index is 12.8. The van der Waals surface area contributed by atoms with Crippen molar-refractivity contribution in [2.45, 2.75) is 13.0 Å². The number of pyridine rings is 1. The first-order valence-electron chi connectivity index (χ1n) is 10.2. The van der Waals surface area contributed by atoms with E-state index < -0.39 is 0 Å². The molecule has 1 N–H and O–H groups in total. The SMILES string of the molecule is C=C/C=C(\OC=C)c1ccc2cnc(NC(=O)c3ccc4c(c3)CCN(C)C4)cc2c1. The van der Waals surface area contributed by atoms with Crippen molar-refractivity contribution in [3.05, 3.63) is 102 Å². The number of nitrogens with zero attached hydrogens (tertiary/aromatic N) is 2. The molecule has 1 aliphatic rings. The summed E-state index contributed by atoms with van der Waals surface area (Å²) in [5, 5.41) is 4.84. The second kappa shape index (κ2) is 8.98. The van der Waals surface area contributed by atoms with E-state index in [2.05, 4.69) is 35.4 Å². The van der Waals surface area contributed by atoms with E-state index >= 15 is 0 Å². The highest BCUT2D eigenvalue weighted by atomic mass is 16.5. The molecule has 4 rings (SSSR count). The Morgan fingerprint density at radius 2 is 1.94 bits per heavy atom. The Morgan fingerprint density at radius 3 is 2.74 bits per heavy atom. The van der Waals surface area contributed by atoms with Crippen LogP contribution in [-0.2, 0) is 17.7 Å². The number of amides is 1. The van der Waals surface area contributed by atoms with Crippen LogP contribution < -0.4 is 5.32 Å². The Labute approximate surface area is 182 Å².